The average molecular weight is 283 g/mol. The van der Waals surface area contributed by atoms with E-state index in [9.17, 15) is 0 Å². The molecule has 1 N–H and O–H groups in total. The molecule has 0 aromatic rings. The van der Waals surface area contributed by atoms with Crippen LogP contribution < -0.4 is 5.32 Å². The summed E-state index contributed by atoms with van der Waals surface area (Å²) < 4.78 is 0. The lowest BCUT2D eigenvalue weighted by molar-refractivity contribution is 0.0769. The second-order valence-electron chi connectivity index (χ2n) is 7.60. The lowest BCUT2D eigenvalue weighted by atomic mass is 9.69. The third-order valence-corrected chi connectivity index (χ3v) is 4.74. The molecule has 1 aliphatic rings. The predicted molar refractivity (Wildman–Crippen MR) is 90.2 cm³/mol. The van der Waals surface area contributed by atoms with Gasteiger partial charge in [-0.05, 0) is 49.6 Å². The topological polar surface area (TPSA) is 15.3 Å². The number of rotatable bonds is 9. The molecule has 1 saturated carbocycles. The minimum Gasteiger partial charge on any atom is -0.316 e. The van der Waals surface area contributed by atoms with Crippen molar-refractivity contribution in [3.05, 3.63) is 0 Å². The van der Waals surface area contributed by atoms with Crippen molar-refractivity contribution in [3.8, 4) is 0 Å². The van der Waals surface area contributed by atoms with Gasteiger partial charge in [0.2, 0.25) is 0 Å². The Morgan fingerprint density at radius 2 is 2.05 bits per heavy atom. The van der Waals surface area contributed by atoms with Crippen LogP contribution in [0.2, 0.25) is 0 Å². The van der Waals surface area contributed by atoms with Gasteiger partial charge < -0.3 is 10.2 Å². The minimum absolute atomic E-state index is 0.526. The highest BCUT2D eigenvalue weighted by Crippen LogP contribution is 2.39. The van der Waals surface area contributed by atoms with Gasteiger partial charge in [-0.15, -0.1) is 0 Å². The van der Waals surface area contributed by atoms with Gasteiger partial charge in [0.1, 0.15) is 0 Å². The summed E-state index contributed by atoms with van der Waals surface area (Å²) in [5.41, 5.74) is 0.526. The van der Waals surface area contributed by atoms with E-state index >= 15 is 0 Å². The molecule has 0 radical (unpaired) electrons. The van der Waals surface area contributed by atoms with Crippen molar-refractivity contribution < 1.29 is 0 Å². The van der Waals surface area contributed by atoms with Crippen molar-refractivity contribution >= 4 is 0 Å². The first kappa shape index (κ1) is 18.0. The van der Waals surface area contributed by atoms with Gasteiger partial charge in [-0.3, -0.25) is 0 Å². The third-order valence-electron chi connectivity index (χ3n) is 4.74. The lowest BCUT2D eigenvalue weighted by Crippen LogP contribution is -2.47. The molecule has 0 amide bonds. The lowest BCUT2D eigenvalue weighted by Gasteiger charge is -2.44. The molecule has 0 aromatic heterocycles. The summed E-state index contributed by atoms with van der Waals surface area (Å²) in [6.07, 6.45) is 6.94. The van der Waals surface area contributed by atoms with Crippen molar-refractivity contribution in [3.63, 3.8) is 0 Å². The van der Waals surface area contributed by atoms with Crippen LogP contribution in [0.25, 0.3) is 0 Å². The molecule has 0 spiro atoms. The van der Waals surface area contributed by atoms with E-state index in [1.54, 1.807) is 0 Å². The Labute approximate surface area is 127 Å². The standard InChI is InChI=1S/C18H38N2/c1-6-11-19-14-18(10-8-9-17(5)12-18)15-20(7-2)13-16(3)4/h16-17,19H,6-15H2,1-5H3. The van der Waals surface area contributed by atoms with E-state index < -0.39 is 0 Å². The van der Waals surface area contributed by atoms with Gasteiger partial charge in [-0.2, -0.15) is 0 Å². The van der Waals surface area contributed by atoms with Gasteiger partial charge in [-0.25, -0.2) is 0 Å². The molecule has 2 nitrogen and oxygen atoms in total. The molecule has 0 saturated heterocycles. The summed E-state index contributed by atoms with van der Waals surface area (Å²) in [5, 5.41) is 3.72. The molecule has 0 heterocycles. The summed E-state index contributed by atoms with van der Waals surface area (Å²) in [4.78, 5) is 2.69. The molecule has 1 aliphatic carbocycles. The normalized spacial score (nSPS) is 27.4. The van der Waals surface area contributed by atoms with Crippen LogP contribution in [-0.4, -0.2) is 37.6 Å². The van der Waals surface area contributed by atoms with Crippen LogP contribution in [0.1, 0.15) is 66.7 Å². The first-order valence-corrected chi connectivity index (χ1v) is 8.94. The Balaban J connectivity index is 2.64. The highest BCUT2D eigenvalue weighted by Gasteiger charge is 2.35. The quantitative estimate of drug-likeness (QED) is 0.639. The molecule has 0 aromatic carbocycles. The van der Waals surface area contributed by atoms with Crippen molar-refractivity contribution in [2.45, 2.75) is 66.7 Å². The molecule has 20 heavy (non-hydrogen) atoms. The minimum atomic E-state index is 0.526. The Morgan fingerprint density at radius 3 is 2.60 bits per heavy atom. The summed E-state index contributed by atoms with van der Waals surface area (Å²) in [6, 6.07) is 0. The average Bonchev–Trinajstić information content (AvgIpc) is 2.37. The fourth-order valence-corrected chi connectivity index (χ4v) is 3.96. The molecule has 0 bridgehead atoms. The smallest absolute Gasteiger partial charge is 0.00502 e. The monoisotopic (exact) mass is 282 g/mol. The third kappa shape index (κ3) is 6.13. The zero-order valence-corrected chi connectivity index (χ0v) is 14.7. The van der Waals surface area contributed by atoms with Gasteiger partial charge in [0, 0.05) is 19.6 Å². The molecule has 0 aliphatic heterocycles. The maximum absolute atomic E-state index is 3.72. The second-order valence-corrected chi connectivity index (χ2v) is 7.60. The zero-order chi connectivity index (χ0) is 15.0. The SMILES string of the molecule is CCCNCC1(CN(CC)CC(C)C)CCCC(C)C1. The van der Waals surface area contributed by atoms with E-state index in [0.717, 1.165) is 11.8 Å². The second kappa shape index (κ2) is 9.04. The Hall–Kier alpha value is -0.0800. The molecule has 1 fully saturated rings. The zero-order valence-electron chi connectivity index (χ0n) is 14.7. The van der Waals surface area contributed by atoms with E-state index in [1.807, 2.05) is 0 Å². The summed E-state index contributed by atoms with van der Waals surface area (Å²) in [6.45, 7) is 17.9. The van der Waals surface area contributed by atoms with E-state index in [1.165, 1.54) is 64.8 Å². The van der Waals surface area contributed by atoms with Crippen molar-refractivity contribution in [1.82, 2.24) is 10.2 Å². The first-order valence-electron chi connectivity index (χ1n) is 8.94. The van der Waals surface area contributed by atoms with Crippen LogP contribution in [0.4, 0.5) is 0 Å². The maximum Gasteiger partial charge on any atom is 0.00502 e. The summed E-state index contributed by atoms with van der Waals surface area (Å²) >= 11 is 0. The van der Waals surface area contributed by atoms with E-state index in [0.29, 0.717) is 5.41 Å². The van der Waals surface area contributed by atoms with E-state index in [-0.39, 0.29) is 0 Å². The molecule has 2 heteroatoms. The van der Waals surface area contributed by atoms with Crippen LogP contribution in [0.3, 0.4) is 0 Å². The Bertz CT molecular complexity index is 252. The fraction of sp³-hybridized carbons (Fsp3) is 1.00. The van der Waals surface area contributed by atoms with Gasteiger partial charge >= 0.3 is 0 Å². The van der Waals surface area contributed by atoms with Crippen LogP contribution in [0.5, 0.6) is 0 Å². The summed E-state index contributed by atoms with van der Waals surface area (Å²) in [7, 11) is 0. The predicted octanol–water partition coefficient (Wildman–Crippen LogP) is 4.16. The van der Waals surface area contributed by atoms with Crippen LogP contribution in [0, 0.1) is 17.3 Å². The number of nitrogens with one attached hydrogen (secondary N) is 1. The number of hydrogen-bond donors (Lipinski definition) is 1. The van der Waals surface area contributed by atoms with Gasteiger partial charge in [-0.1, -0.05) is 47.5 Å². The van der Waals surface area contributed by atoms with Gasteiger partial charge in [0.15, 0.2) is 0 Å². The largest absolute Gasteiger partial charge is 0.316 e. The first-order chi connectivity index (χ1) is 9.51. The molecular formula is C18H38N2. The summed E-state index contributed by atoms with van der Waals surface area (Å²) in [5.74, 6) is 1.68. The van der Waals surface area contributed by atoms with Crippen LogP contribution in [0.15, 0.2) is 0 Å². The Kier molecular flexibility index (Phi) is 8.13. The van der Waals surface area contributed by atoms with Crippen molar-refractivity contribution in [1.29, 1.82) is 0 Å². The highest BCUT2D eigenvalue weighted by atomic mass is 15.1. The van der Waals surface area contributed by atoms with Crippen LogP contribution >= 0.6 is 0 Å². The highest BCUT2D eigenvalue weighted by molar-refractivity contribution is 4.90. The van der Waals surface area contributed by atoms with Crippen molar-refractivity contribution in [2.75, 3.05) is 32.7 Å². The van der Waals surface area contributed by atoms with E-state index in [4.69, 9.17) is 0 Å². The van der Waals surface area contributed by atoms with Crippen LogP contribution in [-0.2, 0) is 0 Å². The molecule has 2 atom stereocenters. The number of nitrogens with zero attached hydrogens (tertiary/aromatic N) is 1. The van der Waals surface area contributed by atoms with E-state index in [2.05, 4.69) is 44.8 Å². The molecule has 120 valence electrons. The molecular weight excluding hydrogens is 244 g/mol. The molecule has 1 rings (SSSR count). The Morgan fingerprint density at radius 1 is 1.30 bits per heavy atom. The maximum atomic E-state index is 3.72. The molecule has 2 unspecified atom stereocenters. The van der Waals surface area contributed by atoms with Gasteiger partial charge in [0.25, 0.3) is 0 Å². The van der Waals surface area contributed by atoms with Gasteiger partial charge in [0.05, 0.1) is 0 Å². The number of hydrogen-bond acceptors (Lipinski definition) is 2. The fourth-order valence-electron chi connectivity index (χ4n) is 3.96. The van der Waals surface area contributed by atoms with Crippen molar-refractivity contribution in [2.24, 2.45) is 17.3 Å².